The second-order valence-corrected chi connectivity index (χ2v) is 7.70. The minimum atomic E-state index is -1.15. The second kappa shape index (κ2) is 8.91. The van der Waals surface area contributed by atoms with Crippen molar-refractivity contribution < 1.29 is 24.5 Å². The minimum Gasteiger partial charge on any atom is -0.507 e. The number of ether oxygens (including phenoxy) is 2. The van der Waals surface area contributed by atoms with Crippen LogP contribution >= 0.6 is 0 Å². The number of carbonyl (C=O) groups is 1. The lowest BCUT2D eigenvalue weighted by Gasteiger charge is -2.27. The van der Waals surface area contributed by atoms with E-state index in [0.29, 0.717) is 13.2 Å². The van der Waals surface area contributed by atoms with E-state index >= 15 is 0 Å². The monoisotopic (exact) mass is 406 g/mol. The number of phenols is 1. The number of hydrogen-bond acceptors (Lipinski definition) is 4. The van der Waals surface area contributed by atoms with Crippen molar-refractivity contribution in [3.05, 3.63) is 89.0 Å². The van der Waals surface area contributed by atoms with Gasteiger partial charge in [0.25, 0.3) is 0 Å². The summed E-state index contributed by atoms with van der Waals surface area (Å²) in [4.78, 5) is 11.3. The van der Waals surface area contributed by atoms with Crippen LogP contribution < -0.4 is 9.47 Å². The summed E-state index contributed by atoms with van der Waals surface area (Å²) in [6.45, 7) is 6.93. The molecule has 30 heavy (non-hydrogen) atoms. The molecule has 3 aromatic rings. The van der Waals surface area contributed by atoms with E-state index in [9.17, 15) is 15.0 Å². The van der Waals surface area contributed by atoms with Crippen molar-refractivity contribution in [3.8, 4) is 17.2 Å². The molecule has 0 radical (unpaired) electrons. The summed E-state index contributed by atoms with van der Waals surface area (Å²) in [7, 11) is 0. The van der Waals surface area contributed by atoms with Crippen LogP contribution in [0.3, 0.4) is 0 Å². The van der Waals surface area contributed by atoms with Crippen LogP contribution in [0.4, 0.5) is 0 Å². The van der Waals surface area contributed by atoms with E-state index in [1.807, 2.05) is 69.3 Å². The topological polar surface area (TPSA) is 76.0 Å². The largest absolute Gasteiger partial charge is 0.507 e. The number of rotatable bonds is 8. The van der Waals surface area contributed by atoms with Crippen molar-refractivity contribution in [2.75, 3.05) is 13.2 Å². The quantitative estimate of drug-likeness (QED) is 0.504. The smallest absolute Gasteiger partial charge is 0.339 e. The van der Waals surface area contributed by atoms with E-state index in [4.69, 9.17) is 9.47 Å². The van der Waals surface area contributed by atoms with Crippen LogP contribution in [0, 0.1) is 6.92 Å². The highest BCUT2D eigenvalue weighted by atomic mass is 16.5. The molecule has 0 atom stereocenters. The average Bonchev–Trinajstić information content (AvgIpc) is 2.73. The van der Waals surface area contributed by atoms with Crippen LogP contribution in [0.25, 0.3) is 0 Å². The van der Waals surface area contributed by atoms with Gasteiger partial charge in [0, 0.05) is 5.41 Å². The van der Waals surface area contributed by atoms with Crippen molar-refractivity contribution in [2.45, 2.75) is 26.2 Å². The molecule has 0 saturated carbocycles. The van der Waals surface area contributed by atoms with Gasteiger partial charge in [0.1, 0.15) is 36.0 Å². The maximum absolute atomic E-state index is 11.3. The van der Waals surface area contributed by atoms with E-state index in [2.05, 4.69) is 0 Å². The molecule has 3 aromatic carbocycles. The maximum Gasteiger partial charge on any atom is 0.339 e. The molecule has 2 N–H and O–H groups in total. The SMILES string of the molecule is Cc1ccc(OCCOc2ccc(C(C)(C)c3ccc(O)c(C(=O)O)c3)cc2)cc1. The van der Waals surface area contributed by atoms with Gasteiger partial charge in [-0.3, -0.25) is 0 Å². The molecule has 0 aliphatic rings. The van der Waals surface area contributed by atoms with Gasteiger partial charge in [0.15, 0.2) is 0 Å². The Morgan fingerprint density at radius 1 is 0.833 bits per heavy atom. The molecule has 0 saturated heterocycles. The van der Waals surface area contributed by atoms with Crippen molar-refractivity contribution >= 4 is 5.97 Å². The highest BCUT2D eigenvalue weighted by Crippen LogP contribution is 2.34. The summed E-state index contributed by atoms with van der Waals surface area (Å²) >= 11 is 0. The molecule has 0 bridgehead atoms. The van der Waals surface area contributed by atoms with Gasteiger partial charge in [0.2, 0.25) is 0 Å². The van der Waals surface area contributed by atoms with Crippen molar-refractivity contribution in [2.24, 2.45) is 0 Å². The van der Waals surface area contributed by atoms with Gasteiger partial charge in [-0.1, -0.05) is 49.7 Å². The average molecular weight is 406 g/mol. The lowest BCUT2D eigenvalue weighted by molar-refractivity contribution is 0.0693. The number of benzene rings is 3. The molecule has 3 rings (SSSR count). The summed E-state index contributed by atoms with van der Waals surface area (Å²) in [6, 6.07) is 20.3. The van der Waals surface area contributed by atoms with Gasteiger partial charge < -0.3 is 19.7 Å². The molecule has 156 valence electrons. The van der Waals surface area contributed by atoms with E-state index in [1.165, 1.54) is 17.7 Å². The summed E-state index contributed by atoms with van der Waals surface area (Å²) in [5.41, 5.74) is 2.46. The Morgan fingerprint density at radius 3 is 1.87 bits per heavy atom. The van der Waals surface area contributed by atoms with Crippen LogP contribution in [0.5, 0.6) is 17.2 Å². The third kappa shape index (κ3) is 4.92. The number of hydrogen-bond donors (Lipinski definition) is 2. The Morgan fingerprint density at radius 2 is 1.33 bits per heavy atom. The van der Waals surface area contributed by atoms with Gasteiger partial charge in [0.05, 0.1) is 0 Å². The molecule has 0 unspecified atom stereocenters. The Balaban J connectivity index is 1.62. The lowest BCUT2D eigenvalue weighted by Crippen LogP contribution is -2.19. The normalized spacial score (nSPS) is 11.2. The standard InChI is InChI=1S/C25H26O5/c1-17-4-9-20(10-5-17)29-14-15-30-21-11-6-18(7-12-21)25(2,3)19-8-13-23(26)22(16-19)24(27)28/h4-13,16,26H,14-15H2,1-3H3,(H,27,28). The van der Waals surface area contributed by atoms with Gasteiger partial charge in [-0.15, -0.1) is 0 Å². The first-order valence-electron chi connectivity index (χ1n) is 9.77. The van der Waals surface area contributed by atoms with Gasteiger partial charge in [-0.2, -0.15) is 0 Å². The molecule has 0 amide bonds. The van der Waals surface area contributed by atoms with Crippen molar-refractivity contribution in [3.63, 3.8) is 0 Å². The number of aromatic carboxylic acids is 1. The molecule has 0 fully saturated rings. The van der Waals surface area contributed by atoms with E-state index in [-0.39, 0.29) is 11.3 Å². The zero-order chi connectivity index (χ0) is 21.7. The predicted octanol–water partition coefficient (Wildman–Crippen LogP) is 5.18. The molecule has 5 nitrogen and oxygen atoms in total. The second-order valence-electron chi connectivity index (χ2n) is 7.70. The van der Waals surface area contributed by atoms with Crippen LogP contribution in [0.15, 0.2) is 66.7 Å². The molecule has 0 heterocycles. The molecule has 0 aliphatic heterocycles. The molecule has 0 spiro atoms. The first-order chi connectivity index (χ1) is 14.3. The van der Waals surface area contributed by atoms with E-state index < -0.39 is 11.4 Å². The number of aryl methyl sites for hydroxylation is 1. The van der Waals surface area contributed by atoms with Crippen LogP contribution in [0.2, 0.25) is 0 Å². The zero-order valence-corrected chi connectivity index (χ0v) is 17.4. The Hall–Kier alpha value is -3.47. The van der Waals surface area contributed by atoms with Crippen molar-refractivity contribution in [1.82, 2.24) is 0 Å². The van der Waals surface area contributed by atoms with E-state index in [1.54, 1.807) is 6.07 Å². The predicted molar refractivity (Wildman–Crippen MR) is 116 cm³/mol. The summed E-state index contributed by atoms with van der Waals surface area (Å²) in [6.07, 6.45) is 0. The van der Waals surface area contributed by atoms with Gasteiger partial charge in [-0.25, -0.2) is 4.79 Å². The fourth-order valence-corrected chi connectivity index (χ4v) is 3.18. The fourth-order valence-electron chi connectivity index (χ4n) is 3.18. The molecule has 5 heteroatoms. The van der Waals surface area contributed by atoms with Gasteiger partial charge in [-0.05, 0) is 54.4 Å². The zero-order valence-electron chi connectivity index (χ0n) is 17.4. The Labute approximate surface area is 176 Å². The Kier molecular flexibility index (Phi) is 6.31. The summed E-state index contributed by atoms with van der Waals surface area (Å²) in [5, 5.41) is 19.0. The highest BCUT2D eigenvalue weighted by molar-refractivity contribution is 5.91. The minimum absolute atomic E-state index is 0.103. The van der Waals surface area contributed by atoms with Crippen LogP contribution in [-0.4, -0.2) is 29.4 Å². The third-order valence-electron chi connectivity index (χ3n) is 5.17. The van der Waals surface area contributed by atoms with Crippen molar-refractivity contribution in [1.29, 1.82) is 0 Å². The fraction of sp³-hybridized carbons (Fsp3) is 0.240. The van der Waals surface area contributed by atoms with Gasteiger partial charge >= 0.3 is 5.97 Å². The third-order valence-corrected chi connectivity index (χ3v) is 5.17. The first-order valence-corrected chi connectivity index (χ1v) is 9.77. The Bertz CT molecular complexity index is 1000. The maximum atomic E-state index is 11.3. The van der Waals surface area contributed by atoms with Crippen LogP contribution in [0.1, 0.15) is 40.9 Å². The molecular formula is C25H26O5. The molecule has 0 aromatic heterocycles. The van der Waals surface area contributed by atoms with Crippen LogP contribution in [-0.2, 0) is 5.41 Å². The number of carboxylic acids is 1. The summed E-state index contributed by atoms with van der Waals surface area (Å²) < 4.78 is 11.4. The summed E-state index contributed by atoms with van der Waals surface area (Å²) in [5.74, 6) is 0.162. The number of carboxylic acid groups (broad SMARTS) is 1. The lowest BCUT2D eigenvalue weighted by atomic mass is 9.77. The number of aromatic hydroxyl groups is 1. The molecular weight excluding hydrogens is 380 g/mol. The van der Waals surface area contributed by atoms with E-state index in [0.717, 1.165) is 22.6 Å². The first kappa shape index (κ1) is 21.2. The molecule has 0 aliphatic carbocycles. The highest BCUT2D eigenvalue weighted by Gasteiger charge is 2.25.